The predicted octanol–water partition coefficient (Wildman–Crippen LogP) is 3.80. The van der Waals surface area contributed by atoms with Crippen molar-refractivity contribution < 1.29 is 14.6 Å². The summed E-state index contributed by atoms with van der Waals surface area (Å²) in [6, 6.07) is 7.88. The van der Waals surface area contributed by atoms with E-state index in [9.17, 15) is 9.90 Å². The molecule has 0 amide bonds. The molecule has 1 aromatic rings. The summed E-state index contributed by atoms with van der Waals surface area (Å²) in [7, 11) is 0. The van der Waals surface area contributed by atoms with Gasteiger partial charge in [0.15, 0.2) is 0 Å². The number of aryl methyl sites for hydroxylation is 1. The highest BCUT2D eigenvalue weighted by atomic mass is 16.5. The van der Waals surface area contributed by atoms with E-state index in [0.717, 1.165) is 43.4 Å². The van der Waals surface area contributed by atoms with Crippen molar-refractivity contribution in [3.05, 3.63) is 29.8 Å². The minimum Gasteiger partial charge on any atom is -0.494 e. The van der Waals surface area contributed by atoms with Crippen LogP contribution in [0, 0.1) is 12.3 Å². The maximum Gasteiger partial charge on any atom is 0.309 e. The van der Waals surface area contributed by atoms with Gasteiger partial charge in [0.1, 0.15) is 5.75 Å². The standard InChI is InChI=1S/C16H22O3/c1-13-6-5-7-14(12-13)19-11-10-16(15(17)18)8-3-2-4-9-16/h5-7,12H,2-4,8-11H2,1H3,(H,17,18). The van der Waals surface area contributed by atoms with E-state index in [-0.39, 0.29) is 0 Å². The molecule has 0 unspecified atom stereocenters. The fourth-order valence-corrected chi connectivity index (χ4v) is 2.87. The van der Waals surface area contributed by atoms with Gasteiger partial charge in [-0.1, -0.05) is 31.4 Å². The second-order valence-corrected chi connectivity index (χ2v) is 5.56. The molecule has 0 bridgehead atoms. The highest BCUT2D eigenvalue weighted by Crippen LogP contribution is 2.39. The van der Waals surface area contributed by atoms with E-state index < -0.39 is 11.4 Å². The van der Waals surface area contributed by atoms with Crippen LogP contribution in [-0.4, -0.2) is 17.7 Å². The highest BCUT2D eigenvalue weighted by Gasteiger charge is 2.39. The van der Waals surface area contributed by atoms with Crippen molar-refractivity contribution in [3.63, 3.8) is 0 Å². The summed E-state index contributed by atoms with van der Waals surface area (Å²) in [4.78, 5) is 11.5. The normalized spacial score (nSPS) is 17.9. The lowest BCUT2D eigenvalue weighted by Gasteiger charge is -2.33. The van der Waals surface area contributed by atoms with E-state index in [1.807, 2.05) is 31.2 Å². The average Bonchev–Trinajstić information content (AvgIpc) is 2.40. The molecule has 1 fully saturated rings. The average molecular weight is 262 g/mol. The van der Waals surface area contributed by atoms with Crippen molar-refractivity contribution in [1.82, 2.24) is 0 Å². The van der Waals surface area contributed by atoms with Gasteiger partial charge < -0.3 is 9.84 Å². The zero-order valence-corrected chi connectivity index (χ0v) is 11.5. The molecule has 1 aromatic carbocycles. The first-order chi connectivity index (χ1) is 9.12. The second-order valence-electron chi connectivity index (χ2n) is 5.56. The van der Waals surface area contributed by atoms with Crippen LogP contribution in [0.25, 0.3) is 0 Å². The molecule has 0 aliphatic heterocycles. The topological polar surface area (TPSA) is 46.5 Å². The molecule has 2 rings (SSSR count). The Balaban J connectivity index is 1.91. The van der Waals surface area contributed by atoms with Gasteiger partial charge in [-0.05, 0) is 43.9 Å². The molecule has 0 atom stereocenters. The Morgan fingerprint density at radius 1 is 1.32 bits per heavy atom. The summed E-state index contributed by atoms with van der Waals surface area (Å²) in [5.41, 5.74) is 0.602. The van der Waals surface area contributed by atoms with Crippen LogP contribution in [0.3, 0.4) is 0 Å². The monoisotopic (exact) mass is 262 g/mol. The molecular formula is C16H22O3. The van der Waals surface area contributed by atoms with Gasteiger partial charge >= 0.3 is 5.97 Å². The zero-order valence-electron chi connectivity index (χ0n) is 11.5. The summed E-state index contributed by atoms with van der Waals surface area (Å²) in [5, 5.41) is 9.47. The van der Waals surface area contributed by atoms with Crippen LogP contribution >= 0.6 is 0 Å². The fraction of sp³-hybridized carbons (Fsp3) is 0.562. The third-order valence-electron chi connectivity index (χ3n) is 4.10. The van der Waals surface area contributed by atoms with Crippen molar-refractivity contribution in [3.8, 4) is 5.75 Å². The fourth-order valence-electron chi connectivity index (χ4n) is 2.87. The molecule has 1 saturated carbocycles. The van der Waals surface area contributed by atoms with E-state index in [0.29, 0.717) is 13.0 Å². The van der Waals surface area contributed by atoms with Crippen LogP contribution in [0.2, 0.25) is 0 Å². The minimum absolute atomic E-state index is 0.482. The smallest absolute Gasteiger partial charge is 0.309 e. The number of ether oxygens (including phenoxy) is 1. The Morgan fingerprint density at radius 2 is 2.05 bits per heavy atom. The summed E-state index contributed by atoms with van der Waals surface area (Å²) in [6.45, 7) is 2.50. The summed E-state index contributed by atoms with van der Waals surface area (Å²) < 4.78 is 5.70. The van der Waals surface area contributed by atoms with E-state index in [1.165, 1.54) is 0 Å². The number of aliphatic carboxylic acids is 1. The van der Waals surface area contributed by atoms with Crippen LogP contribution in [0.1, 0.15) is 44.1 Å². The number of hydrogen-bond acceptors (Lipinski definition) is 2. The van der Waals surface area contributed by atoms with Crippen LogP contribution in [0.15, 0.2) is 24.3 Å². The van der Waals surface area contributed by atoms with Gasteiger partial charge in [-0.25, -0.2) is 0 Å². The lowest BCUT2D eigenvalue weighted by molar-refractivity contribution is -0.152. The SMILES string of the molecule is Cc1cccc(OCCC2(C(=O)O)CCCCC2)c1. The first-order valence-corrected chi connectivity index (χ1v) is 7.05. The number of carbonyl (C=O) groups is 1. The summed E-state index contributed by atoms with van der Waals surface area (Å²) in [6.07, 6.45) is 5.40. The van der Waals surface area contributed by atoms with Gasteiger partial charge in [0.2, 0.25) is 0 Å². The Bertz CT molecular complexity index is 433. The number of rotatable bonds is 5. The molecule has 0 spiro atoms. The first kappa shape index (κ1) is 13.9. The molecule has 0 heterocycles. The number of carboxylic acids is 1. The maximum absolute atomic E-state index is 11.5. The van der Waals surface area contributed by atoms with Crippen LogP contribution < -0.4 is 4.74 Å². The van der Waals surface area contributed by atoms with Crippen molar-refractivity contribution in [2.45, 2.75) is 45.4 Å². The molecule has 3 heteroatoms. The highest BCUT2D eigenvalue weighted by molar-refractivity contribution is 5.74. The van der Waals surface area contributed by atoms with Crippen molar-refractivity contribution >= 4 is 5.97 Å². The van der Waals surface area contributed by atoms with Gasteiger partial charge in [-0.2, -0.15) is 0 Å². The lowest BCUT2D eigenvalue weighted by atomic mass is 9.72. The third kappa shape index (κ3) is 3.49. The van der Waals surface area contributed by atoms with Crippen molar-refractivity contribution in [1.29, 1.82) is 0 Å². The minimum atomic E-state index is -0.653. The first-order valence-electron chi connectivity index (χ1n) is 7.05. The molecule has 1 aliphatic carbocycles. The quantitative estimate of drug-likeness (QED) is 0.878. The second kappa shape index (κ2) is 6.09. The molecule has 19 heavy (non-hydrogen) atoms. The van der Waals surface area contributed by atoms with Gasteiger partial charge in [0, 0.05) is 0 Å². The van der Waals surface area contributed by atoms with Crippen LogP contribution in [0.5, 0.6) is 5.75 Å². The molecule has 3 nitrogen and oxygen atoms in total. The predicted molar refractivity (Wildman–Crippen MR) is 74.4 cm³/mol. The van der Waals surface area contributed by atoms with E-state index in [1.54, 1.807) is 0 Å². The summed E-state index contributed by atoms with van der Waals surface area (Å²) in [5.74, 6) is 0.177. The maximum atomic E-state index is 11.5. The largest absolute Gasteiger partial charge is 0.494 e. The third-order valence-corrected chi connectivity index (χ3v) is 4.10. The molecular weight excluding hydrogens is 240 g/mol. The number of hydrogen-bond donors (Lipinski definition) is 1. The van der Waals surface area contributed by atoms with Crippen molar-refractivity contribution in [2.24, 2.45) is 5.41 Å². The zero-order chi connectivity index (χ0) is 13.7. The molecule has 1 N–H and O–H groups in total. The number of carboxylic acid groups (broad SMARTS) is 1. The Hall–Kier alpha value is -1.51. The van der Waals surface area contributed by atoms with Gasteiger partial charge in [0.25, 0.3) is 0 Å². The van der Waals surface area contributed by atoms with E-state index in [2.05, 4.69) is 0 Å². The Kier molecular flexibility index (Phi) is 4.46. The van der Waals surface area contributed by atoms with Crippen LogP contribution in [-0.2, 0) is 4.79 Å². The van der Waals surface area contributed by atoms with E-state index >= 15 is 0 Å². The molecule has 0 aromatic heterocycles. The molecule has 104 valence electrons. The molecule has 0 radical (unpaired) electrons. The molecule has 1 aliphatic rings. The summed E-state index contributed by atoms with van der Waals surface area (Å²) >= 11 is 0. The van der Waals surface area contributed by atoms with E-state index in [4.69, 9.17) is 4.74 Å². The van der Waals surface area contributed by atoms with Gasteiger partial charge in [-0.15, -0.1) is 0 Å². The van der Waals surface area contributed by atoms with Gasteiger partial charge in [-0.3, -0.25) is 4.79 Å². The van der Waals surface area contributed by atoms with Crippen LogP contribution in [0.4, 0.5) is 0 Å². The lowest BCUT2D eigenvalue weighted by Crippen LogP contribution is -2.34. The Morgan fingerprint density at radius 3 is 2.68 bits per heavy atom. The number of benzene rings is 1. The molecule has 0 saturated heterocycles. The van der Waals surface area contributed by atoms with Crippen molar-refractivity contribution in [2.75, 3.05) is 6.61 Å². The Labute approximate surface area is 114 Å². The van der Waals surface area contributed by atoms with Gasteiger partial charge in [0.05, 0.1) is 12.0 Å².